The van der Waals surface area contributed by atoms with E-state index in [1.165, 1.54) is 7.11 Å². The fraction of sp³-hybridized carbons (Fsp3) is 0.167. The van der Waals surface area contributed by atoms with E-state index in [2.05, 4.69) is 4.98 Å². The van der Waals surface area contributed by atoms with Gasteiger partial charge in [-0.05, 0) is 6.07 Å². The molecule has 3 nitrogen and oxygen atoms in total. The van der Waals surface area contributed by atoms with Gasteiger partial charge in [-0.1, -0.05) is 11.6 Å². The van der Waals surface area contributed by atoms with Gasteiger partial charge in [0.1, 0.15) is 0 Å². The molecule has 0 radical (unpaired) electrons. The summed E-state index contributed by atoms with van der Waals surface area (Å²) in [6.07, 6.45) is 0. The molecule has 11 heavy (non-hydrogen) atoms. The highest BCUT2D eigenvalue weighted by molar-refractivity contribution is 6.31. The number of halogens is 2. The van der Waals surface area contributed by atoms with Crippen LogP contribution in [0, 0.1) is 0 Å². The molecule has 0 unspecified atom stereocenters. The summed E-state index contributed by atoms with van der Waals surface area (Å²) in [7, 11) is 1.52. The zero-order valence-electron chi connectivity index (χ0n) is 5.87. The van der Waals surface area contributed by atoms with Gasteiger partial charge in [0.2, 0.25) is 5.88 Å². The zero-order valence-corrected chi connectivity index (χ0v) is 7.45. The van der Waals surface area contributed by atoms with Gasteiger partial charge in [0.15, 0.2) is 5.15 Å². The molecule has 1 heterocycles. The van der Waals surface area contributed by atoms with E-state index in [1.807, 2.05) is 0 Å². The molecule has 2 N–H and O–H groups in total. The summed E-state index contributed by atoms with van der Waals surface area (Å²) in [5.41, 5.74) is 5.85. The molecule has 62 valence electrons. The fourth-order valence-electron chi connectivity index (χ4n) is 0.542. The van der Waals surface area contributed by atoms with Crippen LogP contribution in [0.1, 0.15) is 0 Å². The Labute approximate surface area is 75.9 Å². The number of aromatic nitrogens is 1. The summed E-state index contributed by atoms with van der Waals surface area (Å²) in [4.78, 5) is 3.81. The molecule has 0 saturated carbocycles. The van der Waals surface area contributed by atoms with Crippen molar-refractivity contribution in [3.63, 3.8) is 0 Å². The third-order valence-corrected chi connectivity index (χ3v) is 1.36. The van der Waals surface area contributed by atoms with Gasteiger partial charge >= 0.3 is 0 Å². The van der Waals surface area contributed by atoms with Gasteiger partial charge in [-0.15, -0.1) is 12.4 Å². The van der Waals surface area contributed by atoms with Gasteiger partial charge in [0.05, 0.1) is 12.8 Å². The monoisotopic (exact) mass is 194 g/mol. The van der Waals surface area contributed by atoms with Gasteiger partial charge in [-0.2, -0.15) is 4.98 Å². The predicted molar refractivity (Wildman–Crippen MR) is 47.5 cm³/mol. The van der Waals surface area contributed by atoms with E-state index in [-0.39, 0.29) is 17.6 Å². The van der Waals surface area contributed by atoms with Crippen molar-refractivity contribution in [3.8, 4) is 5.88 Å². The number of nitrogens with two attached hydrogens (primary N) is 1. The summed E-state index contributed by atoms with van der Waals surface area (Å²) in [5.74, 6) is 0.471. The maximum atomic E-state index is 5.58. The first-order chi connectivity index (χ1) is 4.74. The smallest absolute Gasteiger partial charge is 0.214 e. The normalized spacial score (nSPS) is 8.55. The van der Waals surface area contributed by atoms with Crippen LogP contribution in [0.15, 0.2) is 12.1 Å². The van der Waals surface area contributed by atoms with E-state index in [1.54, 1.807) is 12.1 Å². The average molecular weight is 195 g/mol. The van der Waals surface area contributed by atoms with Crippen molar-refractivity contribution in [1.82, 2.24) is 4.98 Å². The number of pyridine rings is 1. The first-order valence-corrected chi connectivity index (χ1v) is 3.08. The van der Waals surface area contributed by atoms with Crippen molar-refractivity contribution >= 4 is 29.7 Å². The summed E-state index contributed by atoms with van der Waals surface area (Å²) < 4.78 is 4.80. The highest BCUT2D eigenvalue weighted by atomic mass is 35.5. The molecule has 5 heteroatoms. The van der Waals surface area contributed by atoms with Crippen LogP contribution in [-0.2, 0) is 0 Å². The van der Waals surface area contributed by atoms with Crippen LogP contribution in [-0.4, -0.2) is 12.1 Å². The molecule has 0 aliphatic heterocycles. The summed E-state index contributed by atoms with van der Waals surface area (Å²) in [6, 6.07) is 3.30. The number of nitrogen functional groups attached to an aromatic ring is 1. The van der Waals surface area contributed by atoms with Crippen molar-refractivity contribution in [3.05, 3.63) is 17.3 Å². The first-order valence-electron chi connectivity index (χ1n) is 2.70. The maximum Gasteiger partial charge on any atom is 0.214 e. The van der Waals surface area contributed by atoms with Gasteiger partial charge < -0.3 is 10.5 Å². The Bertz CT molecular complexity index is 242. The number of hydrogen-bond acceptors (Lipinski definition) is 3. The van der Waals surface area contributed by atoms with Crippen LogP contribution in [0.5, 0.6) is 5.88 Å². The molecule has 1 aromatic rings. The number of methoxy groups -OCH3 is 1. The SMILES string of the molecule is COc1ccc(N)c(Cl)n1.Cl. The molecule has 0 aromatic carbocycles. The molecule has 0 amide bonds. The molecule has 0 atom stereocenters. The minimum absolute atomic E-state index is 0. The largest absolute Gasteiger partial charge is 0.481 e. The molecular formula is C6H8Cl2N2O. The Balaban J connectivity index is 0.000001000. The molecule has 0 aliphatic carbocycles. The molecule has 0 bridgehead atoms. The second-order valence-electron chi connectivity index (χ2n) is 1.73. The van der Waals surface area contributed by atoms with Crippen LogP contribution in [0.25, 0.3) is 0 Å². The quantitative estimate of drug-likeness (QED) is 0.694. The van der Waals surface area contributed by atoms with E-state index in [4.69, 9.17) is 22.1 Å². The predicted octanol–water partition coefficient (Wildman–Crippen LogP) is 1.75. The Morgan fingerprint density at radius 2 is 2.18 bits per heavy atom. The highest BCUT2D eigenvalue weighted by Crippen LogP contribution is 2.18. The molecule has 0 fully saturated rings. The van der Waals surface area contributed by atoms with E-state index in [0.717, 1.165) is 0 Å². The molecule has 0 spiro atoms. The lowest BCUT2D eigenvalue weighted by Gasteiger charge is -1.99. The topological polar surface area (TPSA) is 48.1 Å². The summed E-state index contributed by atoms with van der Waals surface area (Å²) >= 11 is 5.58. The Morgan fingerprint density at radius 1 is 1.55 bits per heavy atom. The zero-order chi connectivity index (χ0) is 7.56. The number of rotatable bonds is 1. The van der Waals surface area contributed by atoms with Crippen LogP contribution < -0.4 is 10.5 Å². The summed E-state index contributed by atoms with van der Waals surface area (Å²) in [6.45, 7) is 0. The number of anilines is 1. The second kappa shape index (κ2) is 4.26. The second-order valence-corrected chi connectivity index (χ2v) is 2.09. The van der Waals surface area contributed by atoms with Crippen molar-refractivity contribution in [2.24, 2.45) is 0 Å². The lowest BCUT2D eigenvalue weighted by Crippen LogP contribution is -1.91. The van der Waals surface area contributed by atoms with Crippen LogP contribution in [0.3, 0.4) is 0 Å². The molecule has 0 saturated heterocycles. The minimum atomic E-state index is 0. The number of ether oxygens (including phenoxy) is 1. The molecule has 0 aliphatic rings. The molecule has 1 aromatic heterocycles. The minimum Gasteiger partial charge on any atom is -0.481 e. The standard InChI is InChI=1S/C6H7ClN2O.ClH/c1-10-5-3-2-4(8)6(7)9-5;/h2-3H,8H2,1H3;1H. The van der Waals surface area contributed by atoms with Gasteiger partial charge in [0, 0.05) is 6.07 Å². The Hall–Kier alpha value is -0.670. The lowest BCUT2D eigenvalue weighted by molar-refractivity contribution is 0.398. The third kappa shape index (κ3) is 2.44. The van der Waals surface area contributed by atoms with Crippen molar-refractivity contribution in [1.29, 1.82) is 0 Å². The highest BCUT2D eigenvalue weighted by Gasteiger charge is 1.97. The van der Waals surface area contributed by atoms with E-state index in [9.17, 15) is 0 Å². The van der Waals surface area contributed by atoms with E-state index in [0.29, 0.717) is 11.6 Å². The molecular weight excluding hydrogens is 187 g/mol. The van der Waals surface area contributed by atoms with Crippen molar-refractivity contribution in [2.45, 2.75) is 0 Å². The lowest BCUT2D eigenvalue weighted by atomic mass is 10.4. The maximum absolute atomic E-state index is 5.58. The van der Waals surface area contributed by atoms with E-state index < -0.39 is 0 Å². The summed E-state index contributed by atoms with van der Waals surface area (Å²) in [5, 5.41) is 0.277. The van der Waals surface area contributed by atoms with Crippen LogP contribution >= 0.6 is 24.0 Å². The van der Waals surface area contributed by atoms with Gasteiger partial charge in [0.25, 0.3) is 0 Å². The van der Waals surface area contributed by atoms with Crippen molar-refractivity contribution in [2.75, 3.05) is 12.8 Å². The van der Waals surface area contributed by atoms with E-state index >= 15 is 0 Å². The Morgan fingerprint density at radius 3 is 2.64 bits per heavy atom. The number of nitrogens with zero attached hydrogens (tertiary/aromatic N) is 1. The fourth-order valence-corrected chi connectivity index (χ4v) is 0.688. The van der Waals surface area contributed by atoms with Gasteiger partial charge in [-0.25, -0.2) is 0 Å². The Kier molecular flexibility index (Phi) is 4.00. The van der Waals surface area contributed by atoms with Gasteiger partial charge in [-0.3, -0.25) is 0 Å². The van der Waals surface area contributed by atoms with Crippen LogP contribution in [0.4, 0.5) is 5.69 Å². The van der Waals surface area contributed by atoms with Crippen LogP contribution in [0.2, 0.25) is 5.15 Å². The first kappa shape index (κ1) is 10.3. The third-order valence-electron chi connectivity index (χ3n) is 1.06. The average Bonchev–Trinajstić information content (AvgIpc) is 1.95. The number of hydrogen-bond donors (Lipinski definition) is 1. The molecule has 1 rings (SSSR count). The van der Waals surface area contributed by atoms with Crippen molar-refractivity contribution < 1.29 is 4.74 Å².